The van der Waals surface area contributed by atoms with E-state index in [0.29, 0.717) is 12.1 Å². The van der Waals surface area contributed by atoms with E-state index in [1.807, 2.05) is 0 Å². The predicted molar refractivity (Wildman–Crippen MR) is 69.0 cm³/mol. The number of H-pyrrole nitrogens is 1. The number of aromatic amines is 1. The molecule has 10 heteroatoms. The van der Waals surface area contributed by atoms with Gasteiger partial charge in [0.05, 0.1) is 16.0 Å². The number of imidazole rings is 1. The second-order valence-corrected chi connectivity index (χ2v) is 4.40. The third-order valence-corrected chi connectivity index (χ3v) is 2.80. The lowest BCUT2D eigenvalue weighted by Gasteiger charge is -2.05. The molecule has 0 radical (unpaired) electrons. The number of hydrogen-bond acceptors (Lipinski definition) is 4. The van der Waals surface area contributed by atoms with Gasteiger partial charge < -0.3 is 10.1 Å². The van der Waals surface area contributed by atoms with Crippen molar-refractivity contribution in [2.75, 3.05) is 0 Å². The Labute approximate surface area is 120 Å². The molecule has 2 aromatic rings. The maximum Gasteiger partial charge on any atom is 0.416 e. The minimum Gasteiger partial charge on any atom is -0.478 e. The van der Waals surface area contributed by atoms with E-state index in [4.69, 9.17) is 5.11 Å². The monoisotopic (exact) mass is 315 g/mol. The zero-order valence-electron chi connectivity index (χ0n) is 10.9. The van der Waals surface area contributed by atoms with Gasteiger partial charge in [0.25, 0.3) is 5.69 Å². The molecule has 116 valence electrons. The molecule has 0 saturated carbocycles. The number of carboxylic acid groups (broad SMARTS) is 1. The topological polar surface area (TPSA) is 109 Å². The number of benzene rings is 1. The minimum absolute atomic E-state index is 0.0557. The summed E-state index contributed by atoms with van der Waals surface area (Å²) >= 11 is 0. The number of rotatable bonds is 3. The standard InChI is InChI=1S/C12H8F3N3O4/c1-5(2-9(19)20)11-16-7-3-6(12(13,14)15)4-8(18(21)22)10(7)17-11/h2-4H,1H3,(H,16,17)(H,19,20)/b5-2+. The zero-order chi connectivity index (χ0) is 16.7. The number of halogens is 3. The van der Waals surface area contributed by atoms with Crippen LogP contribution in [0.4, 0.5) is 18.9 Å². The van der Waals surface area contributed by atoms with E-state index < -0.39 is 28.3 Å². The first-order chi connectivity index (χ1) is 10.1. The highest BCUT2D eigenvalue weighted by Gasteiger charge is 2.34. The van der Waals surface area contributed by atoms with Gasteiger partial charge >= 0.3 is 12.1 Å². The fourth-order valence-electron chi connectivity index (χ4n) is 1.84. The number of non-ortho nitro benzene ring substituents is 1. The zero-order valence-corrected chi connectivity index (χ0v) is 10.9. The average molecular weight is 315 g/mol. The molecule has 0 amide bonds. The lowest BCUT2D eigenvalue weighted by molar-refractivity contribution is -0.383. The Balaban J connectivity index is 2.72. The molecule has 0 bridgehead atoms. The molecule has 0 aliphatic rings. The fourth-order valence-corrected chi connectivity index (χ4v) is 1.84. The summed E-state index contributed by atoms with van der Waals surface area (Å²) in [6.45, 7) is 1.36. The van der Waals surface area contributed by atoms with Crippen molar-refractivity contribution in [2.24, 2.45) is 0 Å². The molecule has 0 unspecified atom stereocenters. The van der Waals surface area contributed by atoms with Gasteiger partial charge in [-0.05, 0) is 18.6 Å². The molecule has 22 heavy (non-hydrogen) atoms. The number of fused-ring (bicyclic) bond motifs is 1. The van der Waals surface area contributed by atoms with Crippen LogP contribution >= 0.6 is 0 Å². The number of alkyl halides is 3. The Kier molecular flexibility index (Phi) is 3.61. The number of carboxylic acids is 1. The normalized spacial score (nSPS) is 12.6. The van der Waals surface area contributed by atoms with Gasteiger partial charge in [-0.2, -0.15) is 13.2 Å². The van der Waals surface area contributed by atoms with Crippen molar-refractivity contribution >= 4 is 28.3 Å². The first-order valence-corrected chi connectivity index (χ1v) is 5.76. The smallest absolute Gasteiger partial charge is 0.416 e. The van der Waals surface area contributed by atoms with Crippen molar-refractivity contribution in [3.63, 3.8) is 0 Å². The molecular formula is C12H8F3N3O4. The van der Waals surface area contributed by atoms with Gasteiger partial charge in [-0.25, -0.2) is 9.78 Å². The summed E-state index contributed by atoms with van der Waals surface area (Å²) in [4.78, 5) is 26.8. The van der Waals surface area contributed by atoms with Crippen molar-refractivity contribution in [1.82, 2.24) is 9.97 Å². The van der Waals surface area contributed by atoms with E-state index in [1.165, 1.54) is 6.92 Å². The van der Waals surface area contributed by atoms with E-state index in [2.05, 4.69) is 9.97 Å². The maximum absolute atomic E-state index is 12.8. The number of carbonyl (C=O) groups is 1. The van der Waals surface area contributed by atoms with E-state index in [1.54, 1.807) is 0 Å². The summed E-state index contributed by atoms with van der Waals surface area (Å²) in [5.41, 5.74) is -2.36. The van der Waals surface area contributed by atoms with Gasteiger partial charge in [-0.3, -0.25) is 10.1 Å². The molecule has 1 heterocycles. The van der Waals surface area contributed by atoms with Crippen molar-refractivity contribution in [3.8, 4) is 0 Å². The maximum atomic E-state index is 12.8. The molecule has 2 N–H and O–H groups in total. The van der Waals surface area contributed by atoms with E-state index in [-0.39, 0.29) is 22.4 Å². The van der Waals surface area contributed by atoms with Crippen LogP contribution in [0.15, 0.2) is 18.2 Å². The summed E-state index contributed by atoms with van der Waals surface area (Å²) in [7, 11) is 0. The van der Waals surface area contributed by atoms with Gasteiger partial charge in [0.1, 0.15) is 5.82 Å². The first-order valence-electron chi connectivity index (χ1n) is 5.76. The molecule has 2 rings (SSSR count). The van der Waals surface area contributed by atoms with Crippen LogP contribution in [0.2, 0.25) is 0 Å². The quantitative estimate of drug-likeness (QED) is 0.514. The molecule has 0 saturated heterocycles. The molecule has 0 aliphatic carbocycles. The van der Waals surface area contributed by atoms with Gasteiger partial charge in [0.15, 0.2) is 5.52 Å². The van der Waals surface area contributed by atoms with Crippen molar-refractivity contribution in [2.45, 2.75) is 13.1 Å². The Bertz CT molecular complexity index is 808. The summed E-state index contributed by atoms with van der Waals surface area (Å²) in [5.74, 6) is -1.33. The van der Waals surface area contributed by atoms with Crippen LogP contribution < -0.4 is 0 Å². The number of nitro groups is 1. The number of nitro benzene ring substituents is 1. The average Bonchev–Trinajstić information content (AvgIpc) is 2.78. The summed E-state index contributed by atoms with van der Waals surface area (Å²) in [6, 6.07) is 1.08. The Hall–Kier alpha value is -2.91. The van der Waals surface area contributed by atoms with Crippen molar-refractivity contribution in [1.29, 1.82) is 0 Å². The largest absolute Gasteiger partial charge is 0.478 e. The lowest BCUT2D eigenvalue weighted by atomic mass is 10.1. The summed E-state index contributed by atoms with van der Waals surface area (Å²) in [5, 5.41) is 19.6. The van der Waals surface area contributed by atoms with Gasteiger partial charge in [0, 0.05) is 12.1 Å². The fraction of sp³-hybridized carbons (Fsp3) is 0.167. The molecule has 0 spiro atoms. The third-order valence-electron chi connectivity index (χ3n) is 2.80. The Morgan fingerprint density at radius 3 is 2.59 bits per heavy atom. The highest BCUT2D eigenvalue weighted by Crippen LogP contribution is 2.35. The second-order valence-electron chi connectivity index (χ2n) is 4.40. The molecule has 1 aromatic heterocycles. The number of nitrogens with zero attached hydrogens (tertiary/aromatic N) is 2. The molecule has 1 aromatic carbocycles. The number of nitrogens with one attached hydrogen (secondary N) is 1. The van der Waals surface area contributed by atoms with Crippen LogP contribution in [0.1, 0.15) is 18.3 Å². The van der Waals surface area contributed by atoms with E-state index in [9.17, 15) is 28.1 Å². The molecule has 0 aliphatic heterocycles. The van der Waals surface area contributed by atoms with Gasteiger partial charge in [0.2, 0.25) is 0 Å². The molecule has 0 atom stereocenters. The van der Waals surface area contributed by atoms with Crippen LogP contribution in [0.5, 0.6) is 0 Å². The lowest BCUT2D eigenvalue weighted by Crippen LogP contribution is -2.05. The number of allylic oxidation sites excluding steroid dienone is 1. The SMILES string of the molecule is C/C(=C\C(=O)O)c1nc2c([N+](=O)[O-])cc(C(F)(F)F)cc2[nH]1. The third kappa shape index (κ3) is 2.90. The summed E-state index contributed by atoms with van der Waals surface area (Å²) < 4.78 is 38.3. The number of aromatic nitrogens is 2. The van der Waals surface area contributed by atoms with Crippen LogP contribution in [0, 0.1) is 10.1 Å². The Morgan fingerprint density at radius 2 is 2.09 bits per heavy atom. The molecular weight excluding hydrogens is 307 g/mol. The highest BCUT2D eigenvalue weighted by atomic mass is 19.4. The van der Waals surface area contributed by atoms with Crippen LogP contribution in [0.3, 0.4) is 0 Å². The number of aliphatic carboxylic acids is 1. The van der Waals surface area contributed by atoms with Crippen molar-refractivity contribution < 1.29 is 28.0 Å². The second kappa shape index (κ2) is 5.13. The van der Waals surface area contributed by atoms with Gasteiger partial charge in [-0.1, -0.05) is 0 Å². The van der Waals surface area contributed by atoms with Crippen LogP contribution in [-0.4, -0.2) is 26.0 Å². The minimum atomic E-state index is -4.75. The van der Waals surface area contributed by atoms with E-state index in [0.717, 1.165) is 6.08 Å². The predicted octanol–water partition coefficient (Wildman–Crippen LogP) is 2.98. The molecule has 7 nitrogen and oxygen atoms in total. The summed E-state index contributed by atoms with van der Waals surface area (Å²) in [6.07, 6.45) is -3.97. The number of hydrogen-bond donors (Lipinski definition) is 2. The highest BCUT2D eigenvalue weighted by molar-refractivity contribution is 5.91. The first kappa shape index (κ1) is 15.5. The van der Waals surface area contributed by atoms with Crippen LogP contribution in [0.25, 0.3) is 16.6 Å². The van der Waals surface area contributed by atoms with Crippen LogP contribution in [-0.2, 0) is 11.0 Å². The van der Waals surface area contributed by atoms with E-state index >= 15 is 0 Å². The Morgan fingerprint density at radius 1 is 1.45 bits per heavy atom. The van der Waals surface area contributed by atoms with Crippen molar-refractivity contribution in [3.05, 3.63) is 39.7 Å². The molecule has 0 fully saturated rings. The van der Waals surface area contributed by atoms with Gasteiger partial charge in [-0.15, -0.1) is 0 Å².